The van der Waals surface area contributed by atoms with Gasteiger partial charge >= 0.3 is 12.0 Å². The summed E-state index contributed by atoms with van der Waals surface area (Å²) < 4.78 is 10.3. The fourth-order valence-corrected chi connectivity index (χ4v) is 2.03. The Morgan fingerprint density at radius 1 is 1.60 bits per heavy atom. The molecule has 1 unspecified atom stereocenters. The Bertz CT molecular complexity index is 348. The quantitative estimate of drug-likeness (QED) is 0.686. The predicted octanol–water partition coefficient (Wildman–Crippen LogP) is 0.416. The number of urea groups is 1. The maximum Gasteiger partial charge on any atom is 0.320 e. The van der Waals surface area contributed by atoms with Gasteiger partial charge in [0, 0.05) is 33.3 Å². The van der Waals surface area contributed by atoms with Crippen molar-refractivity contribution in [3.63, 3.8) is 0 Å². The average molecular weight is 286 g/mol. The lowest BCUT2D eigenvalue weighted by atomic mass is 10.2. The van der Waals surface area contributed by atoms with Gasteiger partial charge in [-0.1, -0.05) is 6.08 Å². The Morgan fingerprint density at radius 3 is 2.95 bits per heavy atom. The van der Waals surface area contributed by atoms with Gasteiger partial charge < -0.3 is 24.4 Å². The van der Waals surface area contributed by atoms with Crippen molar-refractivity contribution in [2.75, 3.05) is 46.5 Å². The third-order valence-electron chi connectivity index (χ3n) is 3.00. The predicted molar refractivity (Wildman–Crippen MR) is 72.6 cm³/mol. The molecule has 0 radical (unpaired) electrons. The van der Waals surface area contributed by atoms with Gasteiger partial charge in [0.25, 0.3) is 0 Å². The highest BCUT2D eigenvalue weighted by Crippen LogP contribution is 2.11. The molecule has 1 rings (SSSR count). The van der Waals surface area contributed by atoms with Crippen LogP contribution in [0.25, 0.3) is 0 Å². The van der Waals surface area contributed by atoms with Crippen LogP contribution in [0, 0.1) is 0 Å². The third-order valence-corrected chi connectivity index (χ3v) is 3.00. The van der Waals surface area contributed by atoms with E-state index in [1.807, 2.05) is 0 Å². The van der Waals surface area contributed by atoms with Crippen LogP contribution in [0.1, 0.15) is 6.42 Å². The number of aliphatic carboxylic acids is 1. The number of carboxylic acids is 1. The number of carbonyl (C=O) groups excluding carboxylic acids is 1. The number of carboxylic acid groups (broad SMARTS) is 1. The van der Waals surface area contributed by atoms with Gasteiger partial charge in [0.2, 0.25) is 0 Å². The van der Waals surface area contributed by atoms with Crippen LogP contribution in [0.4, 0.5) is 4.79 Å². The first-order chi connectivity index (χ1) is 9.58. The Morgan fingerprint density at radius 2 is 2.35 bits per heavy atom. The lowest BCUT2D eigenvalue weighted by Crippen LogP contribution is -2.52. The first kappa shape index (κ1) is 16.5. The molecule has 0 spiro atoms. The highest BCUT2D eigenvalue weighted by Gasteiger charge is 2.28. The standard InChI is InChI=1S/C13H22N2O5/c1-3-4-14(5-7-19-2)13(18)15-6-8-20-11(10-15)9-12(16)17/h3,11H,1,4-10H2,2H3,(H,16,17). The highest BCUT2D eigenvalue weighted by atomic mass is 16.5. The lowest BCUT2D eigenvalue weighted by Gasteiger charge is -2.35. The van der Waals surface area contributed by atoms with Gasteiger partial charge in [-0.2, -0.15) is 0 Å². The van der Waals surface area contributed by atoms with Crippen molar-refractivity contribution >= 4 is 12.0 Å². The van der Waals surface area contributed by atoms with Crippen molar-refractivity contribution in [1.29, 1.82) is 0 Å². The number of rotatable bonds is 7. The summed E-state index contributed by atoms with van der Waals surface area (Å²) in [6.07, 6.45) is 1.12. The number of methoxy groups -OCH3 is 1. The lowest BCUT2D eigenvalue weighted by molar-refractivity contribution is -0.141. The monoisotopic (exact) mass is 286 g/mol. The third kappa shape index (κ3) is 5.18. The van der Waals surface area contributed by atoms with Crippen LogP contribution in [-0.2, 0) is 14.3 Å². The Labute approximate surface area is 118 Å². The van der Waals surface area contributed by atoms with Gasteiger partial charge in [-0.25, -0.2) is 4.79 Å². The fourth-order valence-electron chi connectivity index (χ4n) is 2.03. The molecule has 114 valence electrons. The molecule has 7 heteroatoms. The Kier molecular flexibility index (Phi) is 7.03. The molecule has 1 heterocycles. The normalized spacial score (nSPS) is 18.6. The summed E-state index contributed by atoms with van der Waals surface area (Å²) >= 11 is 0. The number of amides is 2. The second-order valence-electron chi connectivity index (χ2n) is 4.55. The maximum atomic E-state index is 12.4. The van der Waals surface area contributed by atoms with Crippen molar-refractivity contribution in [1.82, 2.24) is 9.80 Å². The molecule has 1 N–H and O–H groups in total. The minimum absolute atomic E-state index is 0.0939. The topological polar surface area (TPSA) is 79.3 Å². The van der Waals surface area contributed by atoms with Gasteiger partial charge in [0.1, 0.15) is 0 Å². The largest absolute Gasteiger partial charge is 0.481 e. The molecule has 0 saturated carbocycles. The molecule has 0 aromatic rings. The molecule has 0 aromatic heterocycles. The second kappa shape index (κ2) is 8.55. The molecule has 0 aliphatic carbocycles. The summed E-state index contributed by atoms with van der Waals surface area (Å²) in [7, 11) is 1.58. The number of hydrogen-bond acceptors (Lipinski definition) is 4. The van der Waals surface area contributed by atoms with Crippen LogP contribution in [0.2, 0.25) is 0 Å². The molecule has 20 heavy (non-hydrogen) atoms. The fraction of sp³-hybridized carbons (Fsp3) is 0.692. The summed E-state index contributed by atoms with van der Waals surface area (Å²) in [5, 5.41) is 8.78. The molecular weight excluding hydrogens is 264 g/mol. The molecule has 1 fully saturated rings. The highest BCUT2D eigenvalue weighted by molar-refractivity contribution is 5.75. The van der Waals surface area contributed by atoms with Crippen LogP contribution in [0.5, 0.6) is 0 Å². The first-order valence-electron chi connectivity index (χ1n) is 6.55. The zero-order chi connectivity index (χ0) is 15.0. The first-order valence-corrected chi connectivity index (χ1v) is 6.55. The molecule has 2 amide bonds. The van der Waals surface area contributed by atoms with Crippen molar-refractivity contribution in [3.05, 3.63) is 12.7 Å². The maximum absolute atomic E-state index is 12.4. The van der Waals surface area contributed by atoms with Crippen molar-refractivity contribution < 1.29 is 24.2 Å². The van der Waals surface area contributed by atoms with Gasteiger partial charge in [0.15, 0.2) is 0 Å². The van der Waals surface area contributed by atoms with Crippen LogP contribution in [-0.4, -0.2) is 79.5 Å². The van der Waals surface area contributed by atoms with E-state index in [9.17, 15) is 9.59 Å². The van der Waals surface area contributed by atoms with E-state index >= 15 is 0 Å². The van der Waals surface area contributed by atoms with E-state index < -0.39 is 12.1 Å². The van der Waals surface area contributed by atoms with Crippen LogP contribution < -0.4 is 0 Å². The van der Waals surface area contributed by atoms with E-state index in [2.05, 4.69) is 6.58 Å². The van der Waals surface area contributed by atoms with E-state index in [0.717, 1.165) is 0 Å². The molecule has 1 aliphatic heterocycles. The van der Waals surface area contributed by atoms with Gasteiger partial charge in [-0.05, 0) is 0 Å². The van der Waals surface area contributed by atoms with Crippen LogP contribution >= 0.6 is 0 Å². The zero-order valence-electron chi connectivity index (χ0n) is 11.8. The number of morpholine rings is 1. The molecule has 0 bridgehead atoms. The summed E-state index contributed by atoms with van der Waals surface area (Å²) in [6, 6.07) is -0.138. The van der Waals surface area contributed by atoms with E-state index in [1.165, 1.54) is 0 Å². The van der Waals surface area contributed by atoms with Gasteiger partial charge in [0.05, 0.1) is 25.7 Å². The molecule has 1 atom stereocenters. The van der Waals surface area contributed by atoms with Gasteiger partial charge in [-0.3, -0.25) is 4.79 Å². The van der Waals surface area contributed by atoms with Crippen molar-refractivity contribution in [3.8, 4) is 0 Å². The summed E-state index contributed by atoms with van der Waals surface area (Å²) in [4.78, 5) is 26.3. The summed E-state index contributed by atoms with van der Waals surface area (Å²) in [5.74, 6) is -0.924. The van der Waals surface area contributed by atoms with E-state index in [0.29, 0.717) is 39.4 Å². The molecule has 0 aromatic carbocycles. The smallest absolute Gasteiger partial charge is 0.320 e. The van der Waals surface area contributed by atoms with E-state index in [-0.39, 0.29) is 12.5 Å². The van der Waals surface area contributed by atoms with E-state index in [1.54, 1.807) is 23.0 Å². The average Bonchev–Trinajstić information content (AvgIpc) is 2.42. The zero-order valence-corrected chi connectivity index (χ0v) is 11.8. The number of carbonyl (C=O) groups is 2. The number of ether oxygens (including phenoxy) is 2. The van der Waals surface area contributed by atoms with Gasteiger partial charge in [-0.15, -0.1) is 6.58 Å². The minimum Gasteiger partial charge on any atom is -0.481 e. The van der Waals surface area contributed by atoms with E-state index in [4.69, 9.17) is 14.6 Å². The van der Waals surface area contributed by atoms with Crippen molar-refractivity contribution in [2.24, 2.45) is 0 Å². The minimum atomic E-state index is -0.924. The SMILES string of the molecule is C=CCN(CCOC)C(=O)N1CCOC(CC(=O)O)C1. The Hall–Kier alpha value is -1.60. The Balaban J connectivity index is 2.58. The summed E-state index contributed by atoms with van der Waals surface area (Å²) in [6.45, 7) is 6.11. The van der Waals surface area contributed by atoms with Crippen LogP contribution in [0.15, 0.2) is 12.7 Å². The molecule has 1 saturated heterocycles. The molecular formula is C13H22N2O5. The molecule has 1 aliphatic rings. The molecule has 7 nitrogen and oxygen atoms in total. The second-order valence-corrected chi connectivity index (χ2v) is 4.55. The van der Waals surface area contributed by atoms with Crippen LogP contribution in [0.3, 0.4) is 0 Å². The number of nitrogens with zero attached hydrogens (tertiary/aromatic N) is 2. The number of hydrogen-bond donors (Lipinski definition) is 1. The van der Waals surface area contributed by atoms with Crippen molar-refractivity contribution in [2.45, 2.75) is 12.5 Å². The summed E-state index contributed by atoms with van der Waals surface area (Å²) in [5.41, 5.74) is 0.